The van der Waals surface area contributed by atoms with Crippen molar-refractivity contribution >= 4 is 0 Å². The third-order valence-electron chi connectivity index (χ3n) is 4.26. The standard InChI is InChI=1S/C15H23FN2/c1-11-6-7-12(16)10-13(11)14(17)15(2,3)18-8-4-5-9-18/h6-7,10,14H,4-5,8-9,17H2,1-3H3. The molecule has 1 heterocycles. The van der Waals surface area contributed by atoms with Gasteiger partial charge in [-0.05, 0) is 70.0 Å². The van der Waals surface area contributed by atoms with Crippen molar-refractivity contribution in [2.45, 2.75) is 45.2 Å². The number of nitrogens with zero attached hydrogens (tertiary/aromatic N) is 1. The van der Waals surface area contributed by atoms with Crippen molar-refractivity contribution in [1.82, 2.24) is 4.90 Å². The molecule has 0 aliphatic carbocycles. The smallest absolute Gasteiger partial charge is 0.123 e. The number of benzene rings is 1. The summed E-state index contributed by atoms with van der Waals surface area (Å²) in [7, 11) is 0. The summed E-state index contributed by atoms with van der Waals surface area (Å²) in [6, 6.07) is 4.72. The van der Waals surface area contributed by atoms with Crippen LogP contribution in [0.3, 0.4) is 0 Å². The Balaban J connectivity index is 2.28. The number of hydrogen-bond acceptors (Lipinski definition) is 2. The first-order valence-corrected chi connectivity index (χ1v) is 6.69. The lowest BCUT2D eigenvalue weighted by atomic mass is 9.86. The number of halogens is 1. The molecule has 0 radical (unpaired) electrons. The first kappa shape index (κ1) is 13.5. The molecular formula is C15H23FN2. The lowest BCUT2D eigenvalue weighted by Crippen LogP contribution is -2.50. The highest BCUT2D eigenvalue weighted by atomic mass is 19.1. The normalized spacial score (nSPS) is 19.2. The van der Waals surface area contributed by atoms with Crippen molar-refractivity contribution in [3.63, 3.8) is 0 Å². The van der Waals surface area contributed by atoms with Gasteiger partial charge in [0.15, 0.2) is 0 Å². The molecule has 2 N–H and O–H groups in total. The molecule has 1 aliphatic heterocycles. The minimum absolute atomic E-state index is 0.130. The van der Waals surface area contributed by atoms with Gasteiger partial charge in [0, 0.05) is 11.6 Å². The van der Waals surface area contributed by atoms with Gasteiger partial charge in [0.25, 0.3) is 0 Å². The van der Waals surface area contributed by atoms with Crippen molar-refractivity contribution < 1.29 is 4.39 Å². The summed E-state index contributed by atoms with van der Waals surface area (Å²) in [6.45, 7) is 8.50. The Morgan fingerprint density at radius 1 is 1.28 bits per heavy atom. The van der Waals surface area contributed by atoms with Crippen molar-refractivity contribution in [3.8, 4) is 0 Å². The minimum atomic E-state index is -0.205. The van der Waals surface area contributed by atoms with E-state index in [1.165, 1.54) is 18.9 Å². The lowest BCUT2D eigenvalue weighted by Gasteiger charge is -2.41. The second-order valence-electron chi connectivity index (χ2n) is 5.83. The first-order chi connectivity index (χ1) is 8.43. The lowest BCUT2D eigenvalue weighted by molar-refractivity contribution is 0.123. The van der Waals surface area contributed by atoms with E-state index in [1.54, 1.807) is 6.07 Å². The highest BCUT2D eigenvalue weighted by Crippen LogP contribution is 2.33. The van der Waals surface area contributed by atoms with Gasteiger partial charge >= 0.3 is 0 Å². The van der Waals surface area contributed by atoms with Gasteiger partial charge in [0.2, 0.25) is 0 Å². The van der Waals surface area contributed by atoms with Gasteiger partial charge in [-0.1, -0.05) is 6.07 Å². The van der Waals surface area contributed by atoms with Gasteiger partial charge in [-0.15, -0.1) is 0 Å². The molecule has 0 amide bonds. The first-order valence-electron chi connectivity index (χ1n) is 6.69. The zero-order valence-corrected chi connectivity index (χ0v) is 11.5. The Morgan fingerprint density at radius 3 is 2.50 bits per heavy atom. The van der Waals surface area contributed by atoms with Crippen LogP contribution in [-0.4, -0.2) is 23.5 Å². The van der Waals surface area contributed by atoms with Crippen molar-refractivity contribution in [1.29, 1.82) is 0 Å². The van der Waals surface area contributed by atoms with Crippen molar-refractivity contribution in [3.05, 3.63) is 35.1 Å². The Hall–Kier alpha value is -0.930. The van der Waals surface area contributed by atoms with Gasteiger partial charge in [-0.3, -0.25) is 4.90 Å². The van der Waals surface area contributed by atoms with Crippen LogP contribution in [0.1, 0.15) is 43.9 Å². The quantitative estimate of drug-likeness (QED) is 0.893. The monoisotopic (exact) mass is 250 g/mol. The predicted molar refractivity (Wildman–Crippen MR) is 73.0 cm³/mol. The number of aryl methyl sites for hydroxylation is 1. The molecule has 1 aliphatic rings. The van der Waals surface area contributed by atoms with Crippen molar-refractivity contribution in [2.75, 3.05) is 13.1 Å². The van der Waals surface area contributed by atoms with Gasteiger partial charge in [0.1, 0.15) is 5.82 Å². The Kier molecular flexibility index (Phi) is 3.74. The molecule has 0 saturated carbocycles. The summed E-state index contributed by atoms with van der Waals surface area (Å²) in [4.78, 5) is 2.42. The molecule has 1 unspecified atom stereocenters. The molecule has 1 aromatic carbocycles. The maximum absolute atomic E-state index is 13.4. The molecule has 0 bridgehead atoms. The topological polar surface area (TPSA) is 29.3 Å². The second-order valence-corrected chi connectivity index (χ2v) is 5.83. The Labute approximate surface area is 109 Å². The van der Waals surface area contributed by atoms with Crippen LogP contribution >= 0.6 is 0 Å². The fraction of sp³-hybridized carbons (Fsp3) is 0.600. The average Bonchev–Trinajstić information content (AvgIpc) is 2.85. The molecule has 100 valence electrons. The van der Waals surface area contributed by atoms with E-state index in [0.29, 0.717) is 0 Å². The van der Waals surface area contributed by atoms with E-state index in [1.807, 2.05) is 13.0 Å². The fourth-order valence-electron chi connectivity index (χ4n) is 2.82. The largest absolute Gasteiger partial charge is 0.322 e. The van der Waals surface area contributed by atoms with E-state index < -0.39 is 0 Å². The van der Waals surface area contributed by atoms with Crippen LogP contribution in [0, 0.1) is 12.7 Å². The number of nitrogens with two attached hydrogens (primary N) is 1. The minimum Gasteiger partial charge on any atom is -0.322 e. The molecule has 3 heteroatoms. The van der Waals surface area contributed by atoms with E-state index in [9.17, 15) is 4.39 Å². The molecule has 1 saturated heterocycles. The van der Waals surface area contributed by atoms with E-state index in [4.69, 9.17) is 5.73 Å². The van der Waals surface area contributed by atoms with Gasteiger partial charge in [-0.25, -0.2) is 4.39 Å². The predicted octanol–water partition coefficient (Wildman–Crippen LogP) is 3.01. The Bertz CT molecular complexity index is 423. The molecule has 18 heavy (non-hydrogen) atoms. The third-order valence-corrected chi connectivity index (χ3v) is 4.26. The molecule has 2 rings (SSSR count). The van der Waals surface area contributed by atoms with E-state index in [-0.39, 0.29) is 17.4 Å². The average molecular weight is 250 g/mol. The van der Waals surface area contributed by atoms with Crippen LogP contribution in [0.5, 0.6) is 0 Å². The SMILES string of the molecule is Cc1ccc(F)cc1C(N)C(C)(C)N1CCCC1. The fourth-order valence-corrected chi connectivity index (χ4v) is 2.82. The van der Waals surface area contributed by atoms with Crippen LogP contribution < -0.4 is 5.73 Å². The zero-order chi connectivity index (χ0) is 13.3. The van der Waals surface area contributed by atoms with Crippen LogP contribution in [0.25, 0.3) is 0 Å². The maximum Gasteiger partial charge on any atom is 0.123 e. The number of likely N-dealkylation sites (tertiary alicyclic amines) is 1. The maximum atomic E-state index is 13.4. The summed E-state index contributed by atoms with van der Waals surface area (Å²) in [5.74, 6) is -0.205. The van der Waals surface area contributed by atoms with Crippen LogP contribution in [0.2, 0.25) is 0 Å². The Morgan fingerprint density at radius 2 is 1.89 bits per heavy atom. The molecular weight excluding hydrogens is 227 g/mol. The van der Waals surface area contributed by atoms with E-state index in [2.05, 4.69) is 18.7 Å². The van der Waals surface area contributed by atoms with Gasteiger partial charge in [-0.2, -0.15) is 0 Å². The second kappa shape index (κ2) is 4.98. The molecule has 0 spiro atoms. The van der Waals surface area contributed by atoms with Crippen LogP contribution in [0.15, 0.2) is 18.2 Å². The molecule has 0 aromatic heterocycles. The summed E-state index contributed by atoms with van der Waals surface area (Å²) in [5, 5.41) is 0. The van der Waals surface area contributed by atoms with Crippen LogP contribution in [0.4, 0.5) is 4.39 Å². The summed E-state index contributed by atoms with van der Waals surface area (Å²) in [5.41, 5.74) is 8.27. The van der Waals surface area contributed by atoms with E-state index in [0.717, 1.165) is 24.2 Å². The highest BCUT2D eigenvalue weighted by molar-refractivity contribution is 5.31. The number of hydrogen-bond donors (Lipinski definition) is 1. The molecule has 2 nitrogen and oxygen atoms in total. The third kappa shape index (κ3) is 2.43. The van der Waals surface area contributed by atoms with Gasteiger partial charge in [0.05, 0.1) is 0 Å². The summed E-state index contributed by atoms with van der Waals surface area (Å²) in [6.07, 6.45) is 2.47. The molecule has 1 fully saturated rings. The molecule has 1 atom stereocenters. The van der Waals surface area contributed by atoms with Gasteiger partial charge < -0.3 is 5.73 Å². The number of rotatable bonds is 3. The highest BCUT2D eigenvalue weighted by Gasteiger charge is 2.36. The summed E-state index contributed by atoms with van der Waals surface area (Å²) >= 11 is 0. The van der Waals surface area contributed by atoms with E-state index >= 15 is 0 Å². The summed E-state index contributed by atoms with van der Waals surface area (Å²) < 4.78 is 13.4. The van der Waals surface area contributed by atoms with Crippen LogP contribution in [-0.2, 0) is 0 Å². The van der Waals surface area contributed by atoms with Crippen molar-refractivity contribution in [2.24, 2.45) is 5.73 Å². The molecule has 1 aromatic rings. The zero-order valence-electron chi connectivity index (χ0n) is 11.5.